The molecule has 144 valence electrons. The highest BCUT2D eigenvalue weighted by Crippen LogP contribution is 2.45. The molecule has 3 atom stereocenters. The second-order valence-electron chi connectivity index (χ2n) is 8.13. The SMILES string of the molecule is O=C(O)[C@@H]1CN(C(=O)OCC2c3ccccc3-c3ccccc32)[C@@H]2CC[C@H]1C2. The average Bonchev–Trinajstić information content (AvgIpc) is 3.25. The van der Waals surface area contributed by atoms with Gasteiger partial charge in [-0.15, -0.1) is 0 Å². The molecule has 1 N–H and O–H groups in total. The van der Waals surface area contributed by atoms with E-state index in [-0.39, 0.29) is 37.1 Å². The Hall–Kier alpha value is -2.82. The van der Waals surface area contributed by atoms with Crippen molar-refractivity contribution < 1.29 is 19.4 Å². The van der Waals surface area contributed by atoms with Crippen molar-refractivity contribution in [2.24, 2.45) is 11.8 Å². The summed E-state index contributed by atoms with van der Waals surface area (Å²) in [6, 6.07) is 16.6. The Morgan fingerprint density at radius 2 is 1.64 bits per heavy atom. The number of benzene rings is 2. The summed E-state index contributed by atoms with van der Waals surface area (Å²) >= 11 is 0. The van der Waals surface area contributed by atoms with Crippen molar-refractivity contribution in [2.75, 3.05) is 13.2 Å². The van der Waals surface area contributed by atoms with Gasteiger partial charge in [-0.25, -0.2) is 4.79 Å². The lowest BCUT2D eigenvalue weighted by molar-refractivity contribution is -0.145. The van der Waals surface area contributed by atoms with Gasteiger partial charge in [0.05, 0.1) is 5.92 Å². The Labute approximate surface area is 163 Å². The molecule has 1 heterocycles. The van der Waals surface area contributed by atoms with Crippen LogP contribution in [0.15, 0.2) is 48.5 Å². The fourth-order valence-electron chi connectivity index (χ4n) is 5.33. The highest BCUT2D eigenvalue weighted by molar-refractivity contribution is 5.79. The summed E-state index contributed by atoms with van der Waals surface area (Å²) in [6.45, 7) is 0.540. The van der Waals surface area contributed by atoms with E-state index in [9.17, 15) is 14.7 Å². The van der Waals surface area contributed by atoms with Crippen LogP contribution >= 0.6 is 0 Å². The second-order valence-corrected chi connectivity index (χ2v) is 8.13. The van der Waals surface area contributed by atoms with Crippen molar-refractivity contribution in [3.05, 3.63) is 59.7 Å². The van der Waals surface area contributed by atoms with Crippen LogP contribution in [0.5, 0.6) is 0 Å². The number of ether oxygens (including phenoxy) is 1. The first kappa shape index (κ1) is 17.3. The number of hydrogen-bond donors (Lipinski definition) is 1. The van der Waals surface area contributed by atoms with Crippen molar-refractivity contribution in [3.63, 3.8) is 0 Å². The zero-order chi connectivity index (χ0) is 19.3. The topological polar surface area (TPSA) is 66.8 Å². The Morgan fingerprint density at radius 3 is 2.29 bits per heavy atom. The van der Waals surface area contributed by atoms with Crippen LogP contribution in [0.2, 0.25) is 0 Å². The Kier molecular flexibility index (Phi) is 4.11. The summed E-state index contributed by atoms with van der Waals surface area (Å²) in [6.07, 6.45) is 2.16. The minimum Gasteiger partial charge on any atom is -0.481 e. The van der Waals surface area contributed by atoms with Crippen LogP contribution < -0.4 is 0 Å². The molecule has 2 aliphatic carbocycles. The van der Waals surface area contributed by atoms with Crippen LogP contribution in [0.4, 0.5) is 4.79 Å². The van der Waals surface area contributed by atoms with Crippen molar-refractivity contribution >= 4 is 12.1 Å². The summed E-state index contributed by atoms with van der Waals surface area (Å²) in [4.78, 5) is 26.1. The third kappa shape index (κ3) is 2.68. The molecule has 1 saturated heterocycles. The maximum absolute atomic E-state index is 12.8. The summed E-state index contributed by atoms with van der Waals surface area (Å²) < 4.78 is 5.75. The lowest BCUT2D eigenvalue weighted by atomic mass is 9.87. The van der Waals surface area contributed by atoms with E-state index >= 15 is 0 Å². The average molecular weight is 377 g/mol. The van der Waals surface area contributed by atoms with Crippen LogP contribution in [0, 0.1) is 11.8 Å². The molecule has 1 saturated carbocycles. The molecule has 2 fully saturated rings. The molecular formula is C23H23NO4. The number of carbonyl (C=O) groups is 2. The molecule has 1 aliphatic heterocycles. The molecule has 2 aromatic carbocycles. The molecule has 3 aliphatic rings. The van der Waals surface area contributed by atoms with Gasteiger partial charge in [-0.3, -0.25) is 4.79 Å². The third-order valence-electron chi connectivity index (χ3n) is 6.74. The standard InChI is InChI=1S/C23H23NO4/c25-22(26)20-12-24(15-10-9-14(20)11-15)23(27)28-13-21-18-7-3-1-5-16(18)17-6-2-4-8-19(17)21/h1-8,14-15,20-21H,9-13H2,(H,25,26)/t14-,15+,20+/m0/s1. The maximum Gasteiger partial charge on any atom is 0.410 e. The highest BCUT2D eigenvalue weighted by atomic mass is 16.6. The predicted molar refractivity (Wildman–Crippen MR) is 104 cm³/mol. The van der Waals surface area contributed by atoms with Gasteiger partial charge in [-0.2, -0.15) is 0 Å². The van der Waals surface area contributed by atoms with Gasteiger partial charge in [-0.1, -0.05) is 48.5 Å². The first-order chi connectivity index (χ1) is 13.6. The molecule has 0 aromatic heterocycles. The predicted octanol–water partition coefficient (Wildman–Crippen LogP) is 4.12. The fourth-order valence-corrected chi connectivity index (χ4v) is 5.33. The number of carbonyl (C=O) groups excluding carboxylic acids is 1. The Morgan fingerprint density at radius 1 is 1.00 bits per heavy atom. The van der Waals surface area contributed by atoms with Gasteiger partial charge in [-0.05, 0) is 47.4 Å². The second kappa shape index (κ2) is 6.66. The molecular weight excluding hydrogens is 354 g/mol. The minimum absolute atomic E-state index is 0.0211. The number of fused-ring (bicyclic) bond motifs is 5. The van der Waals surface area contributed by atoms with E-state index in [0.717, 1.165) is 19.3 Å². The van der Waals surface area contributed by atoms with Gasteiger partial charge < -0.3 is 14.7 Å². The largest absolute Gasteiger partial charge is 0.481 e. The normalized spacial score (nSPS) is 25.3. The van der Waals surface area contributed by atoms with E-state index in [0.29, 0.717) is 0 Å². The highest BCUT2D eigenvalue weighted by Gasteiger charge is 2.46. The minimum atomic E-state index is -0.804. The number of piperidine rings is 1. The first-order valence-corrected chi connectivity index (χ1v) is 9.98. The Balaban J connectivity index is 1.34. The molecule has 0 radical (unpaired) electrons. The molecule has 5 rings (SSSR count). The number of likely N-dealkylation sites (tertiary alicyclic amines) is 1. The number of hydrogen-bond acceptors (Lipinski definition) is 3. The van der Waals surface area contributed by atoms with Crippen LogP contribution in [0.1, 0.15) is 36.3 Å². The number of carboxylic acid groups (broad SMARTS) is 1. The van der Waals surface area contributed by atoms with E-state index in [1.807, 2.05) is 24.3 Å². The van der Waals surface area contributed by atoms with Gasteiger partial charge in [0.25, 0.3) is 0 Å². The summed E-state index contributed by atoms with van der Waals surface area (Å²) in [5.41, 5.74) is 4.75. The molecule has 5 heteroatoms. The van der Waals surface area contributed by atoms with Crippen molar-refractivity contribution in [1.29, 1.82) is 0 Å². The molecule has 5 nitrogen and oxygen atoms in total. The summed E-state index contributed by atoms with van der Waals surface area (Å²) in [5.74, 6) is -1.06. The first-order valence-electron chi connectivity index (χ1n) is 9.98. The van der Waals surface area contributed by atoms with Crippen LogP contribution in [0.25, 0.3) is 11.1 Å². The van der Waals surface area contributed by atoms with E-state index in [4.69, 9.17) is 4.74 Å². The maximum atomic E-state index is 12.8. The molecule has 2 bridgehead atoms. The van der Waals surface area contributed by atoms with Crippen LogP contribution in [-0.2, 0) is 9.53 Å². The van der Waals surface area contributed by atoms with Gasteiger partial charge in [0.2, 0.25) is 0 Å². The van der Waals surface area contributed by atoms with Crippen molar-refractivity contribution in [2.45, 2.75) is 31.2 Å². The lowest BCUT2D eigenvalue weighted by Crippen LogP contribution is -2.48. The molecule has 0 unspecified atom stereocenters. The monoisotopic (exact) mass is 377 g/mol. The fraction of sp³-hybridized carbons (Fsp3) is 0.391. The van der Waals surface area contributed by atoms with Crippen molar-refractivity contribution in [1.82, 2.24) is 4.90 Å². The smallest absolute Gasteiger partial charge is 0.410 e. The number of nitrogens with zero attached hydrogens (tertiary/aromatic N) is 1. The van der Waals surface area contributed by atoms with Gasteiger partial charge in [0, 0.05) is 18.5 Å². The summed E-state index contributed by atoms with van der Waals surface area (Å²) in [5, 5.41) is 9.50. The zero-order valence-corrected chi connectivity index (χ0v) is 15.6. The molecule has 1 amide bonds. The van der Waals surface area contributed by atoms with E-state index < -0.39 is 11.9 Å². The molecule has 28 heavy (non-hydrogen) atoms. The van der Waals surface area contributed by atoms with E-state index in [1.54, 1.807) is 4.90 Å². The van der Waals surface area contributed by atoms with Crippen LogP contribution in [0.3, 0.4) is 0 Å². The Bertz CT molecular complexity index is 894. The third-order valence-corrected chi connectivity index (χ3v) is 6.74. The molecule has 2 aromatic rings. The number of amides is 1. The number of carboxylic acids is 1. The van der Waals surface area contributed by atoms with Gasteiger partial charge in [0.15, 0.2) is 0 Å². The van der Waals surface area contributed by atoms with Crippen molar-refractivity contribution in [3.8, 4) is 11.1 Å². The quantitative estimate of drug-likeness (QED) is 0.874. The number of aliphatic carboxylic acids is 1. The van der Waals surface area contributed by atoms with Gasteiger partial charge in [0.1, 0.15) is 6.61 Å². The van der Waals surface area contributed by atoms with E-state index in [2.05, 4.69) is 24.3 Å². The summed E-state index contributed by atoms with van der Waals surface area (Å²) in [7, 11) is 0. The molecule has 0 spiro atoms. The number of rotatable bonds is 3. The van der Waals surface area contributed by atoms with Gasteiger partial charge >= 0.3 is 12.1 Å². The van der Waals surface area contributed by atoms with E-state index in [1.165, 1.54) is 22.3 Å². The van der Waals surface area contributed by atoms with Crippen LogP contribution in [-0.4, -0.2) is 41.3 Å². The zero-order valence-electron chi connectivity index (χ0n) is 15.6. The lowest BCUT2D eigenvalue weighted by Gasteiger charge is -2.36.